The highest BCUT2D eigenvalue weighted by molar-refractivity contribution is 7.17. The second-order valence-electron chi connectivity index (χ2n) is 6.43. The molecule has 0 radical (unpaired) electrons. The summed E-state index contributed by atoms with van der Waals surface area (Å²) in [6.45, 7) is 4.11. The van der Waals surface area contributed by atoms with Crippen molar-refractivity contribution in [3.05, 3.63) is 32.3 Å². The van der Waals surface area contributed by atoms with Gasteiger partial charge in [0.1, 0.15) is 11.2 Å². The van der Waals surface area contributed by atoms with Crippen molar-refractivity contribution in [3.8, 4) is 0 Å². The van der Waals surface area contributed by atoms with Gasteiger partial charge in [0, 0.05) is 6.04 Å². The van der Waals surface area contributed by atoms with E-state index in [-0.39, 0.29) is 18.5 Å². The third kappa shape index (κ3) is 3.10. The Kier molecular flexibility index (Phi) is 4.39. The molecule has 3 unspecified atom stereocenters. The lowest BCUT2D eigenvalue weighted by molar-refractivity contribution is -0.123. The molecule has 23 heavy (non-hydrogen) atoms. The van der Waals surface area contributed by atoms with Crippen LogP contribution < -0.4 is 16.6 Å². The van der Waals surface area contributed by atoms with E-state index in [1.807, 2.05) is 0 Å². The van der Waals surface area contributed by atoms with Crippen molar-refractivity contribution >= 4 is 27.5 Å². The molecule has 2 heterocycles. The summed E-state index contributed by atoms with van der Waals surface area (Å²) < 4.78 is 1.45. The fourth-order valence-electron chi connectivity index (χ4n) is 3.30. The summed E-state index contributed by atoms with van der Waals surface area (Å²) in [6.07, 6.45) is 3.23. The summed E-state index contributed by atoms with van der Waals surface area (Å²) in [5.74, 6) is 0.699. The van der Waals surface area contributed by atoms with Crippen molar-refractivity contribution in [1.29, 1.82) is 0 Å². The Balaban J connectivity index is 1.78. The van der Waals surface area contributed by atoms with Crippen LogP contribution in [-0.2, 0) is 11.3 Å². The predicted molar refractivity (Wildman–Crippen MR) is 90.8 cm³/mol. The van der Waals surface area contributed by atoms with Crippen LogP contribution in [0.5, 0.6) is 0 Å². The Morgan fingerprint density at radius 1 is 1.39 bits per heavy atom. The van der Waals surface area contributed by atoms with Gasteiger partial charge >= 0.3 is 5.69 Å². The van der Waals surface area contributed by atoms with Gasteiger partial charge in [-0.2, -0.15) is 0 Å². The number of thiophene rings is 1. The minimum Gasteiger partial charge on any atom is -0.352 e. The number of aromatic nitrogens is 2. The zero-order valence-corrected chi connectivity index (χ0v) is 14.1. The summed E-state index contributed by atoms with van der Waals surface area (Å²) in [4.78, 5) is 39.3. The molecule has 0 aliphatic heterocycles. The van der Waals surface area contributed by atoms with Crippen LogP contribution in [0.3, 0.4) is 0 Å². The molecule has 0 spiro atoms. The van der Waals surface area contributed by atoms with E-state index >= 15 is 0 Å². The summed E-state index contributed by atoms with van der Waals surface area (Å²) in [5, 5.41) is 4.74. The molecule has 1 saturated carbocycles. The first-order chi connectivity index (χ1) is 11.0. The van der Waals surface area contributed by atoms with Crippen LogP contribution in [0.15, 0.2) is 21.0 Å². The maximum absolute atomic E-state index is 12.3. The molecule has 7 heteroatoms. The van der Waals surface area contributed by atoms with Gasteiger partial charge in [-0.3, -0.25) is 9.59 Å². The van der Waals surface area contributed by atoms with Gasteiger partial charge in [-0.15, -0.1) is 11.3 Å². The number of nitrogens with zero attached hydrogens (tertiary/aromatic N) is 1. The Labute approximate surface area is 137 Å². The standard InChI is InChI=1S/C16H21N3O3S/c1-9-4-3-5-11(10(9)2)17-13(20)8-19-15(21)14-12(6-7-23-14)18-16(19)22/h6-7,9-11H,3-5,8H2,1-2H3,(H,17,20)(H,18,22). The van der Waals surface area contributed by atoms with Gasteiger partial charge in [-0.05, 0) is 29.7 Å². The van der Waals surface area contributed by atoms with E-state index in [0.717, 1.165) is 17.4 Å². The van der Waals surface area contributed by atoms with Crippen LogP contribution in [0, 0.1) is 11.8 Å². The Morgan fingerprint density at radius 2 is 2.17 bits per heavy atom. The van der Waals surface area contributed by atoms with Crippen LogP contribution in [0.4, 0.5) is 0 Å². The first kappa shape index (κ1) is 16.0. The zero-order valence-electron chi connectivity index (χ0n) is 13.3. The number of amides is 1. The van der Waals surface area contributed by atoms with Crippen molar-refractivity contribution in [2.24, 2.45) is 11.8 Å². The number of carbonyl (C=O) groups is 1. The monoisotopic (exact) mass is 335 g/mol. The van der Waals surface area contributed by atoms with Crippen LogP contribution in [0.2, 0.25) is 0 Å². The molecule has 0 saturated heterocycles. The van der Waals surface area contributed by atoms with Gasteiger partial charge in [-0.1, -0.05) is 26.7 Å². The molecule has 124 valence electrons. The lowest BCUT2D eigenvalue weighted by Crippen LogP contribution is -2.47. The van der Waals surface area contributed by atoms with E-state index in [1.54, 1.807) is 11.4 Å². The first-order valence-electron chi connectivity index (χ1n) is 7.97. The van der Waals surface area contributed by atoms with Gasteiger partial charge in [0.15, 0.2) is 0 Å². The predicted octanol–water partition coefficient (Wildman–Crippen LogP) is 1.69. The lowest BCUT2D eigenvalue weighted by atomic mass is 9.78. The van der Waals surface area contributed by atoms with Crippen molar-refractivity contribution in [2.75, 3.05) is 0 Å². The Morgan fingerprint density at radius 3 is 2.96 bits per heavy atom. The molecule has 1 aliphatic rings. The number of carbonyl (C=O) groups excluding carboxylic acids is 1. The molecule has 6 nitrogen and oxygen atoms in total. The van der Waals surface area contributed by atoms with E-state index in [0.29, 0.717) is 22.1 Å². The molecule has 1 aliphatic carbocycles. The average molecular weight is 335 g/mol. The smallest absolute Gasteiger partial charge is 0.329 e. The molecule has 0 bridgehead atoms. The van der Waals surface area contributed by atoms with E-state index in [9.17, 15) is 14.4 Å². The number of aromatic amines is 1. The summed E-state index contributed by atoms with van der Waals surface area (Å²) >= 11 is 1.27. The van der Waals surface area contributed by atoms with Gasteiger partial charge in [0.05, 0.1) is 5.52 Å². The molecule has 2 aromatic rings. The van der Waals surface area contributed by atoms with Crippen LogP contribution >= 0.6 is 11.3 Å². The maximum atomic E-state index is 12.3. The zero-order chi connectivity index (χ0) is 16.6. The van der Waals surface area contributed by atoms with E-state index in [2.05, 4.69) is 24.1 Å². The van der Waals surface area contributed by atoms with Crippen molar-refractivity contribution in [3.63, 3.8) is 0 Å². The van der Waals surface area contributed by atoms with Crippen molar-refractivity contribution in [1.82, 2.24) is 14.9 Å². The molecule has 2 N–H and O–H groups in total. The minimum absolute atomic E-state index is 0.117. The number of hydrogen-bond donors (Lipinski definition) is 2. The van der Waals surface area contributed by atoms with Gasteiger partial charge in [0.2, 0.25) is 5.91 Å². The van der Waals surface area contributed by atoms with Crippen LogP contribution in [-0.4, -0.2) is 21.5 Å². The molecule has 2 aromatic heterocycles. The number of H-pyrrole nitrogens is 1. The second kappa shape index (κ2) is 6.31. The molecule has 1 fully saturated rings. The molecular formula is C16H21N3O3S. The highest BCUT2D eigenvalue weighted by atomic mass is 32.1. The number of hydrogen-bond acceptors (Lipinski definition) is 4. The molecular weight excluding hydrogens is 314 g/mol. The largest absolute Gasteiger partial charge is 0.352 e. The summed E-state index contributed by atoms with van der Waals surface area (Å²) in [6, 6.07) is 1.81. The van der Waals surface area contributed by atoms with Crippen molar-refractivity contribution in [2.45, 2.75) is 45.7 Å². The first-order valence-corrected chi connectivity index (χ1v) is 8.85. The third-order valence-electron chi connectivity index (χ3n) is 4.95. The fraction of sp³-hybridized carbons (Fsp3) is 0.562. The van der Waals surface area contributed by atoms with Crippen molar-refractivity contribution < 1.29 is 4.79 Å². The molecule has 1 amide bonds. The number of nitrogens with one attached hydrogen (secondary N) is 2. The highest BCUT2D eigenvalue weighted by Crippen LogP contribution is 2.29. The van der Waals surface area contributed by atoms with Gasteiger partial charge in [0.25, 0.3) is 5.56 Å². The summed E-state index contributed by atoms with van der Waals surface area (Å²) in [7, 11) is 0. The average Bonchev–Trinajstić information content (AvgIpc) is 2.96. The molecule has 0 aromatic carbocycles. The SMILES string of the molecule is CC1CCCC(NC(=O)Cn2c(=O)[nH]c3ccsc3c2=O)C1C. The normalized spacial score (nSPS) is 24.7. The second-order valence-corrected chi connectivity index (χ2v) is 7.34. The van der Waals surface area contributed by atoms with E-state index < -0.39 is 11.2 Å². The third-order valence-corrected chi connectivity index (χ3v) is 5.85. The van der Waals surface area contributed by atoms with E-state index in [4.69, 9.17) is 0 Å². The quantitative estimate of drug-likeness (QED) is 0.895. The molecule has 3 atom stereocenters. The van der Waals surface area contributed by atoms with Gasteiger partial charge in [-0.25, -0.2) is 9.36 Å². The Hall–Kier alpha value is -1.89. The number of fused-ring (bicyclic) bond motifs is 1. The topological polar surface area (TPSA) is 84.0 Å². The fourth-order valence-corrected chi connectivity index (χ4v) is 4.09. The summed E-state index contributed by atoms with van der Waals surface area (Å²) in [5.41, 5.74) is -0.420. The maximum Gasteiger partial charge on any atom is 0.329 e. The van der Waals surface area contributed by atoms with E-state index in [1.165, 1.54) is 17.8 Å². The van der Waals surface area contributed by atoms with Crippen LogP contribution in [0.1, 0.15) is 33.1 Å². The Bertz CT molecular complexity index is 835. The van der Waals surface area contributed by atoms with Gasteiger partial charge < -0.3 is 10.3 Å². The molecule has 3 rings (SSSR count). The van der Waals surface area contributed by atoms with Crippen LogP contribution in [0.25, 0.3) is 10.2 Å². The minimum atomic E-state index is -0.541. The lowest BCUT2D eigenvalue weighted by Gasteiger charge is -2.34. The highest BCUT2D eigenvalue weighted by Gasteiger charge is 2.28. The number of rotatable bonds is 3.